The van der Waals surface area contributed by atoms with E-state index in [1.807, 2.05) is 13.8 Å². The summed E-state index contributed by atoms with van der Waals surface area (Å²) in [6.07, 6.45) is 1.88. The number of para-hydroxylation sites is 1. The predicted octanol–water partition coefficient (Wildman–Crippen LogP) is 6.36. The minimum absolute atomic E-state index is 0.0930. The van der Waals surface area contributed by atoms with Gasteiger partial charge in [-0.1, -0.05) is 79.4 Å². The van der Waals surface area contributed by atoms with Crippen molar-refractivity contribution in [2.75, 3.05) is 17.4 Å². The summed E-state index contributed by atoms with van der Waals surface area (Å²) in [6.45, 7) is 5.15. The SMILES string of the molecule is CCCCNC(=O)C(CC)N(Cc1ccc(Cl)cc1Cl)C(=O)CN(c1ccccc1F)S(=O)(=O)c1ccc(C)cc1. The quantitative estimate of drug-likeness (QED) is 0.225. The number of benzene rings is 3. The highest BCUT2D eigenvalue weighted by Gasteiger charge is 2.34. The van der Waals surface area contributed by atoms with E-state index in [0.717, 1.165) is 28.8 Å². The molecular formula is C30H34Cl2FN3O4S. The fourth-order valence-electron chi connectivity index (χ4n) is 4.26. The number of nitrogens with one attached hydrogen (secondary N) is 1. The van der Waals surface area contributed by atoms with Gasteiger partial charge < -0.3 is 10.2 Å². The van der Waals surface area contributed by atoms with Gasteiger partial charge in [0.15, 0.2) is 0 Å². The Morgan fingerprint density at radius 2 is 1.68 bits per heavy atom. The van der Waals surface area contributed by atoms with Crippen LogP contribution in [0.25, 0.3) is 0 Å². The monoisotopic (exact) mass is 621 g/mol. The number of hydrogen-bond acceptors (Lipinski definition) is 4. The van der Waals surface area contributed by atoms with Gasteiger partial charge in [0.05, 0.1) is 10.6 Å². The highest BCUT2D eigenvalue weighted by atomic mass is 35.5. The summed E-state index contributed by atoms with van der Waals surface area (Å²) in [5, 5.41) is 3.54. The van der Waals surface area contributed by atoms with Crippen LogP contribution in [0.1, 0.15) is 44.2 Å². The van der Waals surface area contributed by atoms with Gasteiger partial charge in [0.1, 0.15) is 18.4 Å². The van der Waals surface area contributed by atoms with Crippen molar-refractivity contribution in [1.82, 2.24) is 10.2 Å². The molecule has 0 spiro atoms. The molecule has 0 saturated heterocycles. The fraction of sp³-hybridized carbons (Fsp3) is 0.333. The number of carbonyl (C=O) groups excluding carboxylic acids is 2. The van der Waals surface area contributed by atoms with E-state index < -0.39 is 34.3 Å². The molecule has 3 rings (SSSR count). The maximum absolute atomic E-state index is 15.0. The number of rotatable bonds is 13. The number of nitrogens with zero attached hydrogens (tertiary/aromatic N) is 2. The number of anilines is 1. The molecule has 41 heavy (non-hydrogen) atoms. The van der Waals surface area contributed by atoms with Crippen LogP contribution in [0.5, 0.6) is 0 Å². The molecule has 0 radical (unpaired) electrons. The highest BCUT2D eigenvalue weighted by Crippen LogP contribution is 2.28. The second-order valence-electron chi connectivity index (χ2n) is 9.60. The van der Waals surface area contributed by atoms with Crippen LogP contribution in [0.4, 0.5) is 10.1 Å². The minimum Gasteiger partial charge on any atom is -0.354 e. The summed E-state index contributed by atoms with van der Waals surface area (Å²) in [5.41, 5.74) is 1.07. The average molecular weight is 623 g/mol. The van der Waals surface area contributed by atoms with Crippen molar-refractivity contribution in [2.24, 2.45) is 0 Å². The summed E-state index contributed by atoms with van der Waals surface area (Å²) in [4.78, 5) is 28.5. The van der Waals surface area contributed by atoms with E-state index in [2.05, 4.69) is 5.32 Å². The molecule has 0 aromatic heterocycles. The van der Waals surface area contributed by atoms with E-state index >= 15 is 4.39 Å². The van der Waals surface area contributed by atoms with Gasteiger partial charge in [0, 0.05) is 23.1 Å². The van der Waals surface area contributed by atoms with E-state index in [9.17, 15) is 18.0 Å². The number of sulfonamides is 1. The molecule has 3 aromatic rings. The fourth-order valence-corrected chi connectivity index (χ4v) is 6.15. The van der Waals surface area contributed by atoms with Gasteiger partial charge >= 0.3 is 0 Å². The van der Waals surface area contributed by atoms with Crippen molar-refractivity contribution in [3.05, 3.63) is 93.7 Å². The first kappa shape index (κ1) is 32.4. The third-order valence-corrected chi connectivity index (χ3v) is 8.94. The van der Waals surface area contributed by atoms with Crippen molar-refractivity contribution < 1.29 is 22.4 Å². The highest BCUT2D eigenvalue weighted by molar-refractivity contribution is 7.92. The van der Waals surface area contributed by atoms with Gasteiger partial charge in [-0.3, -0.25) is 13.9 Å². The standard InChI is InChI=1S/C30H34Cl2FN3O4S/c1-4-6-17-34-30(38)27(5-2)35(19-22-13-14-23(31)18-25(22)32)29(37)20-36(28-10-8-7-9-26(28)33)41(39,40)24-15-11-21(3)12-16-24/h7-16,18,27H,4-6,17,19-20H2,1-3H3,(H,34,38). The van der Waals surface area contributed by atoms with Gasteiger partial charge in [-0.15, -0.1) is 0 Å². The molecule has 1 N–H and O–H groups in total. The second kappa shape index (κ2) is 14.7. The van der Waals surface area contributed by atoms with Gasteiger partial charge in [0.2, 0.25) is 11.8 Å². The summed E-state index contributed by atoms with van der Waals surface area (Å²) < 4.78 is 43.4. The molecule has 0 saturated carbocycles. The zero-order valence-corrected chi connectivity index (χ0v) is 25.6. The van der Waals surface area contributed by atoms with E-state index in [1.165, 1.54) is 41.3 Å². The topological polar surface area (TPSA) is 86.8 Å². The summed E-state index contributed by atoms with van der Waals surface area (Å²) in [6, 6.07) is 15.2. The van der Waals surface area contributed by atoms with Gasteiger partial charge in [-0.2, -0.15) is 0 Å². The molecule has 0 bridgehead atoms. The maximum atomic E-state index is 15.0. The summed E-state index contributed by atoms with van der Waals surface area (Å²) in [7, 11) is -4.38. The van der Waals surface area contributed by atoms with Gasteiger partial charge in [0.25, 0.3) is 10.0 Å². The number of halogens is 3. The van der Waals surface area contributed by atoms with Crippen LogP contribution in [0.15, 0.2) is 71.6 Å². The molecule has 2 amide bonds. The van der Waals surface area contributed by atoms with Crippen LogP contribution in [-0.4, -0.2) is 44.3 Å². The molecule has 0 aliphatic carbocycles. The predicted molar refractivity (Wildman–Crippen MR) is 161 cm³/mol. The second-order valence-corrected chi connectivity index (χ2v) is 12.3. The van der Waals surface area contributed by atoms with Crippen molar-refractivity contribution in [1.29, 1.82) is 0 Å². The van der Waals surface area contributed by atoms with Crippen molar-refractivity contribution in [3.8, 4) is 0 Å². The molecule has 0 aliphatic heterocycles. The lowest BCUT2D eigenvalue weighted by Crippen LogP contribution is -2.52. The summed E-state index contributed by atoms with van der Waals surface area (Å²) >= 11 is 12.5. The smallest absolute Gasteiger partial charge is 0.264 e. The lowest BCUT2D eigenvalue weighted by atomic mass is 10.1. The van der Waals surface area contributed by atoms with Crippen LogP contribution < -0.4 is 9.62 Å². The molecule has 0 heterocycles. The zero-order chi connectivity index (χ0) is 30.2. The lowest BCUT2D eigenvalue weighted by Gasteiger charge is -2.33. The van der Waals surface area contributed by atoms with Crippen LogP contribution in [-0.2, 0) is 26.2 Å². The Bertz CT molecular complexity index is 1470. The Morgan fingerprint density at radius 3 is 2.29 bits per heavy atom. The Balaban J connectivity index is 2.07. The molecular weight excluding hydrogens is 588 g/mol. The van der Waals surface area contributed by atoms with E-state index in [4.69, 9.17) is 23.2 Å². The van der Waals surface area contributed by atoms with Crippen molar-refractivity contribution in [2.45, 2.75) is 57.5 Å². The number of amides is 2. The molecule has 1 atom stereocenters. The Kier molecular flexibility index (Phi) is 11.6. The van der Waals surface area contributed by atoms with Gasteiger partial charge in [-0.05, 0) is 61.7 Å². The third kappa shape index (κ3) is 8.21. The van der Waals surface area contributed by atoms with Crippen LogP contribution in [0, 0.1) is 12.7 Å². The maximum Gasteiger partial charge on any atom is 0.264 e. The number of unbranched alkanes of at least 4 members (excludes halogenated alkanes) is 1. The summed E-state index contributed by atoms with van der Waals surface area (Å²) in [5.74, 6) is -1.89. The van der Waals surface area contributed by atoms with Gasteiger partial charge in [-0.25, -0.2) is 12.8 Å². The van der Waals surface area contributed by atoms with Crippen LogP contribution in [0.2, 0.25) is 10.0 Å². The Hall–Kier alpha value is -3.14. The largest absolute Gasteiger partial charge is 0.354 e. The number of aryl methyl sites for hydroxylation is 1. The molecule has 220 valence electrons. The van der Waals surface area contributed by atoms with Crippen LogP contribution >= 0.6 is 23.2 Å². The number of carbonyl (C=O) groups is 2. The van der Waals surface area contributed by atoms with E-state index in [0.29, 0.717) is 17.1 Å². The molecule has 3 aromatic carbocycles. The first-order valence-corrected chi connectivity index (χ1v) is 15.5. The minimum atomic E-state index is -4.38. The van der Waals surface area contributed by atoms with E-state index in [1.54, 1.807) is 31.2 Å². The average Bonchev–Trinajstić information content (AvgIpc) is 2.93. The van der Waals surface area contributed by atoms with Crippen molar-refractivity contribution in [3.63, 3.8) is 0 Å². The number of hydrogen-bond donors (Lipinski definition) is 1. The molecule has 0 aliphatic rings. The molecule has 7 nitrogen and oxygen atoms in total. The third-order valence-electron chi connectivity index (χ3n) is 6.58. The first-order valence-electron chi connectivity index (χ1n) is 13.3. The molecule has 1 unspecified atom stereocenters. The lowest BCUT2D eigenvalue weighted by molar-refractivity contribution is -0.140. The zero-order valence-electron chi connectivity index (χ0n) is 23.2. The Labute approximate surface area is 251 Å². The first-order chi connectivity index (χ1) is 19.5. The molecule has 0 fully saturated rings. The van der Waals surface area contributed by atoms with Crippen molar-refractivity contribution >= 4 is 50.7 Å². The molecule has 11 heteroatoms. The Morgan fingerprint density at radius 1 is 1.00 bits per heavy atom. The van der Waals surface area contributed by atoms with Crippen LogP contribution in [0.3, 0.4) is 0 Å². The normalized spacial score (nSPS) is 12.0. The van der Waals surface area contributed by atoms with E-state index in [-0.39, 0.29) is 34.5 Å².